The first-order valence-electron chi connectivity index (χ1n) is 9.19. The molecule has 1 aliphatic rings. The number of rotatable bonds is 3. The molecule has 0 saturated carbocycles. The third kappa shape index (κ3) is 3.85. The molecule has 5 nitrogen and oxygen atoms in total. The molecule has 4 rings (SSSR count). The first-order chi connectivity index (χ1) is 14.0. The number of hydrogen-bond donors (Lipinski definition) is 3. The number of anilines is 1. The van der Waals surface area contributed by atoms with Crippen molar-refractivity contribution in [1.29, 1.82) is 0 Å². The number of aryl methyl sites for hydroxylation is 1. The molecule has 1 heterocycles. The number of benzene rings is 2. The van der Waals surface area contributed by atoms with E-state index in [0.717, 1.165) is 46.9 Å². The third-order valence-corrected chi connectivity index (χ3v) is 6.73. The molecule has 2 amide bonds. The van der Waals surface area contributed by atoms with Crippen LogP contribution in [0.25, 0.3) is 10.8 Å². The van der Waals surface area contributed by atoms with E-state index >= 15 is 0 Å². The van der Waals surface area contributed by atoms with E-state index in [9.17, 15) is 9.59 Å². The molecule has 29 heavy (non-hydrogen) atoms. The molecule has 0 bridgehead atoms. The minimum Gasteiger partial charge on any atom is -0.365 e. The zero-order chi connectivity index (χ0) is 20.5. The van der Waals surface area contributed by atoms with Gasteiger partial charge in [0.25, 0.3) is 11.8 Å². The molecule has 0 unspecified atom stereocenters. The number of thiophene rings is 1. The fraction of sp³-hybridized carbons (Fsp3) is 0.190. The van der Waals surface area contributed by atoms with Crippen molar-refractivity contribution in [2.45, 2.75) is 25.7 Å². The maximum absolute atomic E-state index is 12.8. The zero-order valence-electron chi connectivity index (χ0n) is 15.4. The van der Waals surface area contributed by atoms with E-state index in [1.165, 1.54) is 11.3 Å². The Balaban J connectivity index is 1.57. The summed E-state index contributed by atoms with van der Waals surface area (Å²) in [5.74, 6) is -0.831. The summed E-state index contributed by atoms with van der Waals surface area (Å²) in [5.41, 5.74) is 7.57. The summed E-state index contributed by atoms with van der Waals surface area (Å²) in [5, 5.41) is 8.52. The van der Waals surface area contributed by atoms with Crippen LogP contribution in [0.3, 0.4) is 0 Å². The molecule has 2 aromatic carbocycles. The van der Waals surface area contributed by atoms with E-state index in [2.05, 4.69) is 10.6 Å². The topological polar surface area (TPSA) is 84.2 Å². The second kappa shape index (κ2) is 8.10. The van der Waals surface area contributed by atoms with Gasteiger partial charge in [-0.05, 0) is 61.0 Å². The molecule has 1 aliphatic carbocycles. The van der Waals surface area contributed by atoms with Crippen LogP contribution in [-0.4, -0.2) is 16.9 Å². The Morgan fingerprint density at radius 2 is 1.79 bits per heavy atom. The first-order valence-corrected chi connectivity index (χ1v) is 10.8. The Kier molecular flexibility index (Phi) is 5.54. The monoisotopic (exact) mass is 443 g/mol. The van der Waals surface area contributed by atoms with Gasteiger partial charge in [0, 0.05) is 20.8 Å². The van der Waals surface area contributed by atoms with Gasteiger partial charge in [-0.3, -0.25) is 14.9 Å². The Morgan fingerprint density at radius 1 is 1.07 bits per heavy atom. The molecule has 1 aromatic heterocycles. The molecule has 148 valence electrons. The lowest BCUT2D eigenvalue weighted by molar-refractivity contribution is 0.0977. The van der Waals surface area contributed by atoms with Crippen molar-refractivity contribution >= 4 is 67.9 Å². The largest absolute Gasteiger partial charge is 0.365 e. The van der Waals surface area contributed by atoms with Crippen molar-refractivity contribution in [3.63, 3.8) is 0 Å². The number of amides is 2. The average molecular weight is 444 g/mol. The number of primary amides is 1. The lowest BCUT2D eigenvalue weighted by Gasteiger charge is -2.12. The molecule has 4 N–H and O–H groups in total. The van der Waals surface area contributed by atoms with Gasteiger partial charge in [0.2, 0.25) is 0 Å². The zero-order valence-corrected chi connectivity index (χ0v) is 17.8. The number of carbonyl (C=O) groups is 2. The summed E-state index contributed by atoms with van der Waals surface area (Å²) in [6.45, 7) is 0. The van der Waals surface area contributed by atoms with Crippen LogP contribution < -0.4 is 16.4 Å². The molecule has 3 aromatic rings. The number of carbonyl (C=O) groups excluding carboxylic acids is 2. The fourth-order valence-electron chi connectivity index (χ4n) is 3.69. The van der Waals surface area contributed by atoms with Crippen molar-refractivity contribution in [1.82, 2.24) is 5.32 Å². The summed E-state index contributed by atoms with van der Waals surface area (Å²) >= 11 is 13.0. The fourth-order valence-corrected chi connectivity index (χ4v) is 5.48. The maximum Gasteiger partial charge on any atom is 0.258 e. The number of nitrogens with two attached hydrogens (primary N) is 1. The molecule has 8 heteroatoms. The minimum absolute atomic E-state index is 0.120. The maximum atomic E-state index is 12.8. The SMILES string of the molecule is NC(=O)c1c(NC(=S)NC(=O)c2cccc3c(Cl)cccc23)sc2c1CCCC2. The smallest absolute Gasteiger partial charge is 0.258 e. The summed E-state index contributed by atoms with van der Waals surface area (Å²) in [6, 6.07) is 10.8. The molecule has 0 aliphatic heterocycles. The van der Waals surface area contributed by atoms with Gasteiger partial charge in [0.1, 0.15) is 5.00 Å². The van der Waals surface area contributed by atoms with Gasteiger partial charge < -0.3 is 11.1 Å². The lowest BCUT2D eigenvalue weighted by atomic mass is 9.95. The number of fused-ring (bicyclic) bond motifs is 2. The molecular formula is C21H18ClN3O2S2. The Morgan fingerprint density at radius 3 is 2.59 bits per heavy atom. The molecule has 0 fully saturated rings. The van der Waals surface area contributed by atoms with Crippen LogP contribution in [0.15, 0.2) is 36.4 Å². The van der Waals surface area contributed by atoms with Crippen molar-refractivity contribution < 1.29 is 9.59 Å². The summed E-state index contributed by atoms with van der Waals surface area (Å²) < 4.78 is 0. The second-order valence-corrected chi connectivity index (χ2v) is 8.75. The van der Waals surface area contributed by atoms with Crippen molar-refractivity contribution in [3.05, 3.63) is 63.0 Å². The normalized spacial score (nSPS) is 13.0. The van der Waals surface area contributed by atoms with E-state index in [0.29, 0.717) is 21.2 Å². The highest BCUT2D eigenvalue weighted by molar-refractivity contribution is 7.80. The van der Waals surface area contributed by atoms with Gasteiger partial charge in [-0.25, -0.2) is 0 Å². The van der Waals surface area contributed by atoms with Gasteiger partial charge in [0.05, 0.1) is 5.56 Å². The van der Waals surface area contributed by atoms with E-state index in [1.54, 1.807) is 24.3 Å². The van der Waals surface area contributed by atoms with E-state index in [1.807, 2.05) is 12.1 Å². The van der Waals surface area contributed by atoms with Crippen LogP contribution in [0.5, 0.6) is 0 Å². The molecular weight excluding hydrogens is 426 g/mol. The van der Waals surface area contributed by atoms with Crippen LogP contribution in [0, 0.1) is 0 Å². The van der Waals surface area contributed by atoms with Gasteiger partial charge in [-0.2, -0.15) is 0 Å². The highest BCUT2D eigenvalue weighted by atomic mass is 35.5. The second-order valence-electron chi connectivity index (χ2n) is 6.83. The van der Waals surface area contributed by atoms with Crippen molar-refractivity contribution in [2.24, 2.45) is 5.73 Å². The highest BCUT2D eigenvalue weighted by Crippen LogP contribution is 2.37. The first kappa shape index (κ1) is 19.8. The van der Waals surface area contributed by atoms with Crippen LogP contribution in [-0.2, 0) is 12.8 Å². The molecule has 0 radical (unpaired) electrons. The van der Waals surface area contributed by atoms with E-state index in [4.69, 9.17) is 29.6 Å². The number of thiocarbonyl (C=S) groups is 1. The van der Waals surface area contributed by atoms with Crippen molar-refractivity contribution in [2.75, 3.05) is 5.32 Å². The number of hydrogen-bond acceptors (Lipinski definition) is 4. The number of nitrogens with one attached hydrogen (secondary N) is 2. The van der Waals surface area contributed by atoms with E-state index < -0.39 is 5.91 Å². The Labute approximate surface area is 182 Å². The van der Waals surface area contributed by atoms with Gasteiger partial charge in [-0.1, -0.05) is 35.9 Å². The van der Waals surface area contributed by atoms with Gasteiger partial charge in [-0.15, -0.1) is 11.3 Å². The molecule has 0 atom stereocenters. The highest BCUT2D eigenvalue weighted by Gasteiger charge is 2.24. The predicted octanol–water partition coefficient (Wildman–Crippen LogP) is 4.66. The predicted molar refractivity (Wildman–Crippen MR) is 122 cm³/mol. The summed E-state index contributed by atoms with van der Waals surface area (Å²) in [4.78, 5) is 26.0. The standard InChI is InChI=1S/C21H18ClN3O2S2/c22-15-9-4-6-11-12(15)7-3-8-13(11)19(27)24-21(28)25-20-17(18(23)26)14-5-1-2-10-16(14)29-20/h3-4,6-9H,1-2,5,10H2,(H2,23,26)(H2,24,25,27,28). The third-order valence-electron chi connectivity index (χ3n) is 4.99. The molecule has 0 spiro atoms. The van der Waals surface area contributed by atoms with Crippen LogP contribution in [0.1, 0.15) is 44.0 Å². The average Bonchev–Trinajstić information content (AvgIpc) is 3.05. The quantitative estimate of drug-likeness (QED) is 0.514. The van der Waals surface area contributed by atoms with Crippen molar-refractivity contribution in [3.8, 4) is 0 Å². The van der Waals surface area contributed by atoms with Gasteiger partial charge >= 0.3 is 0 Å². The summed E-state index contributed by atoms with van der Waals surface area (Å²) in [6.07, 6.45) is 3.89. The van der Waals surface area contributed by atoms with Crippen LogP contribution >= 0.6 is 35.2 Å². The Bertz CT molecular complexity index is 1160. The number of halogens is 1. The van der Waals surface area contributed by atoms with E-state index in [-0.39, 0.29) is 11.0 Å². The summed E-state index contributed by atoms with van der Waals surface area (Å²) in [7, 11) is 0. The van der Waals surface area contributed by atoms with Crippen LogP contribution in [0.4, 0.5) is 5.00 Å². The lowest BCUT2D eigenvalue weighted by Crippen LogP contribution is -2.34. The Hall–Kier alpha value is -2.48. The van der Waals surface area contributed by atoms with Crippen LogP contribution in [0.2, 0.25) is 5.02 Å². The molecule has 0 saturated heterocycles. The minimum atomic E-state index is -0.482. The van der Waals surface area contributed by atoms with Gasteiger partial charge in [0.15, 0.2) is 5.11 Å².